The van der Waals surface area contributed by atoms with Crippen LogP contribution in [0.5, 0.6) is 0 Å². The van der Waals surface area contributed by atoms with Crippen LogP contribution in [0.3, 0.4) is 0 Å². The third-order valence-electron chi connectivity index (χ3n) is 3.13. The van der Waals surface area contributed by atoms with Crippen molar-refractivity contribution in [2.45, 2.75) is 38.2 Å². The predicted molar refractivity (Wildman–Crippen MR) is 50.1 cm³/mol. The molecular formula is C10H19NO2. The molecule has 1 atom stereocenters. The van der Waals surface area contributed by atoms with Crippen LogP contribution in [0.25, 0.3) is 0 Å². The summed E-state index contributed by atoms with van der Waals surface area (Å²) in [6, 6.07) is 0. The second-order valence-corrected chi connectivity index (χ2v) is 4.28. The van der Waals surface area contributed by atoms with E-state index < -0.39 is 0 Å². The Kier molecular flexibility index (Phi) is 3.19. The van der Waals surface area contributed by atoms with Crippen LogP contribution in [0.15, 0.2) is 0 Å². The first-order chi connectivity index (χ1) is 6.34. The summed E-state index contributed by atoms with van der Waals surface area (Å²) >= 11 is 0. The number of aliphatic hydroxyl groups excluding tert-OH is 1. The minimum Gasteiger partial charge on any atom is -0.389 e. The van der Waals surface area contributed by atoms with Gasteiger partial charge < -0.3 is 5.11 Å². The summed E-state index contributed by atoms with van der Waals surface area (Å²) in [5, 5.41) is 11.1. The molecular weight excluding hydrogens is 166 g/mol. The Morgan fingerprint density at radius 3 is 2.69 bits per heavy atom. The molecule has 0 radical (unpaired) electrons. The third-order valence-corrected chi connectivity index (χ3v) is 3.13. The number of nitrogens with zero attached hydrogens (tertiary/aromatic N) is 1. The quantitative estimate of drug-likeness (QED) is 0.716. The molecule has 2 fully saturated rings. The molecule has 3 heteroatoms. The zero-order valence-electron chi connectivity index (χ0n) is 8.11. The van der Waals surface area contributed by atoms with Crippen molar-refractivity contribution < 1.29 is 9.94 Å². The van der Waals surface area contributed by atoms with Gasteiger partial charge in [-0.05, 0) is 12.3 Å². The first-order valence-corrected chi connectivity index (χ1v) is 5.40. The van der Waals surface area contributed by atoms with Gasteiger partial charge in [0.25, 0.3) is 0 Å². The van der Waals surface area contributed by atoms with Crippen LogP contribution >= 0.6 is 0 Å². The average Bonchev–Trinajstić information content (AvgIpc) is 2.71. The molecule has 2 rings (SSSR count). The van der Waals surface area contributed by atoms with E-state index in [9.17, 15) is 5.11 Å². The summed E-state index contributed by atoms with van der Waals surface area (Å²) < 4.78 is 0. The smallest absolute Gasteiger partial charge is 0.0958 e. The second-order valence-electron chi connectivity index (χ2n) is 4.28. The number of hydroxylamine groups is 2. The van der Waals surface area contributed by atoms with E-state index in [0.717, 1.165) is 12.5 Å². The Hall–Kier alpha value is -0.120. The molecule has 0 aromatic rings. The Morgan fingerprint density at radius 2 is 2.08 bits per heavy atom. The first-order valence-electron chi connectivity index (χ1n) is 5.40. The third kappa shape index (κ3) is 2.66. The summed E-state index contributed by atoms with van der Waals surface area (Å²) in [7, 11) is 0. The van der Waals surface area contributed by atoms with E-state index in [2.05, 4.69) is 0 Å². The summed E-state index contributed by atoms with van der Waals surface area (Å²) in [5.74, 6) is 0.918. The fourth-order valence-corrected chi connectivity index (χ4v) is 2.31. The van der Waals surface area contributed by atoms with Gasteiger partial charge in [-0.2, -0.15) is 5.06 Å². The Balaban J connectivity index is 1.62. The van der Waals surface area contributed by atoms with E-state index in [-0.39, 0.29) is 6.10 Å². The normalized spacial score (nSPS) is 31.6. The van der Waals surface area contributed by atoms with Crippen LogP contribution in [0.4, 0.5) is 0 Å². The van der Waals surface area contributed by atoms with Crippen molar-refractivity contribution in [3.05, 3.63) is 0 Å². The molecule has 76 valence electrons. The Labute approximate surface area is 79.6 Å². The lowest BCUT2D eigenvalue weighted by Gasteiger charge is -2.15. The minimum absolute atomic E-state index is 0.261. The SMILES string of the molecule is O[C@H]1CON(CCC2CCCC2)C1. The fraction of sp³-hybridized carbons (Fsp3) is 1.00. The van der Waals surface area contributed by atoms with Crippen molar-refractivity contribution in [2.24, 2.45) is 5.92 Å². The molecule has 0 aromatic carbocycles. The molecule has 2 aliphatic rings. The van der Waals surface area contributed by atoms with Gasteiger partial charge in [-0.1, -0.05) is 25.7 Å². The summed E-state index contributed by atoms with van der Waals surface area (Å²) in [5.41, 5.74) is 0. The van der Waals surface area contributed by atoms with Crippen LogP contribution in [0.2, 0.25) is 0 Å². The fourth-order valence-electron chi connectivity index (χ4n) is 2.31. The number of aliphatic hydroxyl groups is 1. The molecule has 0 bridgehead atoms. The highest BCUT2D eigenvalue weighted by molar-refractivity contribution is 4.70. The van der Waals surface area contributed by atoms with Crippen molar-refractivity contribution in [1.29, 1.82) is 0 Å². The second kappa shape index (κ2) is 4.40. The molecule has 1 heterocycles. The van der Waals surface area contributed by atoms with Crippen molar-refractivity contribution in [3.8, 4) is 0 Å². The van der Waals surface area contributed by atoms with Crippen LogP contribution in [0.1, 0.15) is 32.1 Å². The molecule has 0 aromatic heterocycles. The lowest BCUT2D eigenvalue weighted by Crippen LogP contribution is -2.23. The number of rotatable bonds is 3. The maximum absolute atomic E-state index is 9.22. The van der Waals surface area contributed by atoms with Crippen LogP contribution in [-0.2, 0) is 4.84 Å². The molecule has 1 saturated heterocycles. The maximum atomic E-state index is 9.22. The highest BCUT2D eigenvalue weighted by Crippen LogP contribution is 2.27. The summed E-state index contributed by atoms with van der Waals surface area (Å²) in [4.78, 5) is 5.31. The van der Waals surface area contributed by atoms with Crippen LogP contribution in [0, 0.1) is 5.92 Å². The zero-order chi connectivity index (χ0) is 9.10. The van der Waals surface area contributed by atoms with Gasteiger partial charge in [-0.3, -0.25) is 4.84 Å². The van der Waals surface area contributed by atoms with Gasteiger partial charge in [0.15, 0.2) is 0 Å². The minimum atomic E-state index is -0.261. The first kappa shape index (κ1) is 9.44. The van der Waals surface area contributed by atoms with Crippen molar-refractivity contribution in [2.75, 3.05) is 19.7 Å². The molecule has 0 amide bonds. The standard InChI is InChI=1S/C10H19NO2/c12-10-7-11(13-8-10)6-5-9-3-1-2-4-9/h9-10,12H,1-8H2/t10-/m1/s1. The number of hydrogen-bond donors (Lipinski definition) is 1. The average molecular weight is 185 g/mol. The lowest BCUT2D eigenvalue weighted by atomic mass is 10.0. The van der Waals surface area contributed by atoms with E-state index in [1.165, 1.54) is 32.1 Å². The molecule has 1 N–H and O–H groups in total. The van der Waals surface area contributed by atoms with Crippen LogP contribution in [-0.4, -0.2) is 36.0 Å². The Morgan fingerprint density at radius 1 is 1.31 bits per heavy atom. The highest BCUT2D eigenvalue weighted by atomic mass is 16.7. The van der Waals surface area contributed by atoms with E-state index in [4.69, 9.17) is 4.84 Å². The van der Waals surface area contributed by atoms with Gasteiger partial charge in [0.2, 0.25) is 0 Å². The monoisotopic (exact) mass is 185 g/mol. The molecule has 0 spiro atoms. The lowest BCUT2D eigenvalue weighted by molar-refractivity contribution is -0.112. The number of hydrogen-bond acceptors (Lipinski definition) is 3. The van der Waals surface area contributed by atoms with E-state index >= 15 is 0 Å². The molecule has 0 unspecified atom stereocenters. The van der Waals surface area contributed by atoms with Gasteiger partial charge in [-0.15, -0.1) is 0 Å². The zero-order valence-corrected chi connectivity index (χ0v) is 8.11. The highest BCUT2D eigenvalue weighted by Gasteiger charge is 2.22. The molecule has 1 aliphatic carbocycles. The van der Waals surface area contributed by atoms with Crippen LogP contribution < -0.4 is 0 Å². The van der Waals surface area contributed by atoms with Crippen molar-refractivity contribution >= 4 is 0 Å². The molecule has 1 saturated carbocycles. The van der Waals surface area contributed by atoms with Gasteiger partial charge in [-0.25, -0.2) is 0 Å². The van der Waals surface area contributed by atoms with Crippen molar-refractivity contribution in [3.63, 3.8) is 0 Å². The number of β-amino-alcohol motifs (C(OH)–C–C–N with tert-alkyl or cyclic N) is 1. The van der Waals surface area contributed by atoms with Gasteiger partial charge in [0.05, 0.1) is 19.3 Å². The topological polar surface area (TPSA) is 32.7 Å². The summed E-state index contributed by atoms with van der Waals surface area (Å²) in [6.45, 7) is 2.19. The van der Waals surface area contributed by atoms with Gasteiger partial charge in [0, 0.05) is 6.54 Å². The molecule has 3 nitrogen and oxygen atoms in total. The largest absolute Gasteiger partial charge is 0.389 e. The van der Waals surface area contributed by atoms with Gasteiger partial charge in [0.1, 0.15) is 0 Å². The maximum Gasteiger partial charge on any atom is 0.0958 e. The van der Waals surface area contributed by atoms with E-state index in [0.29, 0.717) is 13.2 Å². The van der Waals surface area contributed by atoms with E-state index in [1.807, 2.05) is 5.06 Å². The van der Waals surface area contributed by atoms with E-state index in [1.54, 1.807) is 0 Å². The molecule has 1 aliphatic heterocycles. The van der Waals surface area contributed by atoms with Gasteiger partial charge >= 0.3 is 0 Å². The summed E-state index contributed by atoms with van der Waals surface area (Å²) in [6.07, 6.45) is 6.60. The van der Waals surface area contributed by atoms with Crippen molar-refractivity contribution in [1.82, 2.24) is 5.06 Å². The molecule has 13 heavy (non-hydrogen) atoms. The Bertz CT molecular complexity index is 157. The predicted octanol–water partition coefficient (Wildman–Crippen LogP) is 1.17.